The van der Waals surface area contributed by atoms with Crippen LogP contribution in [0.25, 0.3) is 0 Å². The van der Waals surface area contributed by atoms with Gasteiger partial charge in [-0.25, -0.2) is 14.8 Å². The van der Waals surface area contributed by atoms with Crippen molar-refractivity contribution < 1.29 is 9.53 Å². The Labute approximate surface area is 77.1 Å². The van der Waals surface area contributed by atoms with Crippen molar-refractivity contribution >= 4 is 28.6 Å². The number of rotatable bonds is 1. The van der Waals surface area contributed by atoms with E-state index in [1.807, 2.05) is 0 Å². The molecule has 1 aromatic heterocycles. The third-order valence-electron chi connectivity index (χ3n) is 0.988. The molecular formula is C6H5IN2O2. The van der Waals surface area contributed by atoms with Crippen molar-refractivity contribution in [1.29, 1.82) is 0 Å². The van der Waals surface area contributed by atoms with E-state index < -0.39 is 5.97 Å². The molecule has 0 N–H and O–H groups in total. The monoisotopic (exact) mass is 264 g/mol. The Balaban J connectivity index is 2.90. The first-order valence-electron chi connectivity index (χ1n) is 2.80. The van der Waals surface area contributed by atoms with E-state index in [1.165, 1.54) is 7.11 Å². The Kier molecular flexibility index (Phi) is 2.75. The molecule has 5 heteroatoms. The SMILES string of the molecule is COC(=O)c1ncc(I)cn1. The molecule has 0 atom stereocenters. The van der Waals surface area contributed by atoms with Crippen LogP contribution in [0.1, 0.15) is 10.6 Å². The van der Waals surface area contributed by atoms with Crippen molar-refractivity contribution in [3.63, 3.8) is 0 Å². The number of carbonyl (C=O) groups is 1. The van der Waals surface area contributed by atoms with Crippen LogP contribution >= 0.6 is 22.6 Å². The largest absolute Gasteiger partial charge is 0.463 e. The van der Waals surface area contributed by atoms with Gasteiger partial charge in [0.05, 0.1) is 7.11 Å². The van der Waals surface area contributed by atoms with Crippen LogP contribution in [0.4, 0.5) is 0 Å². The maximum Gasteiger partial charge on any atom is 0.376 e. The lowest BCUT2D eigenvalue weighted by atomic mass is 10.6. The zero-order valence-electron chi connectivity index (χ0n) is 5.74. The number of carbonyl (C=O) groups excluding carboxylic acids is 1. The summed E-state index contributed by atoms with van der Waals surface area (Å²) in [5.74, 6) is -0.422. The summed E-state index contributed by atoms with van der Waals surface area (Å²) in [6.07, 6.45) is 3.11. The molecule has 1 heterocycles. The van der Waals surface area contributed by atoms with Crippen molar-refractivity contribution in [2.24, 2.45) is 0 Å². The molecular weight excluding hydrogens is 259 g/mol. The summed E-state index contributed by atoms with van der Waals surface area (Å²) in [7, 11) is 1.30. The minimum atomic E-state index is -0.513. The van der Waals surface area contributed by atoms with E-state index in [2.05, 4.69) is 37.3 Å². The smallest absolute Gasteiger partial charge is 0.376 e. The van der Waals surface area contributed by atoms with Gasteiger partial charge >= 0.3 is 5.97 Å². The molecule has 0 unspecified atom stereocenters. The minimum Gasteiger partial charge on any atom is -0.463 e. The number of aromatic nitrogens is 2. The third kappa shape index (κ3) is 2.11. The Morgan fingerprint density at radius 2 is 2.09 bits per heavy atom. The summed E-state index contributed by atoms with van der Waals surface area (Å²) >= 11 is 2.05. The number of ether oxygens (including phenoxy) is 1. The summed E-state index contributed by atoms with van der Waals surface area (Å²) in [6.45, 7) is 0. The number of nitrogens with zero attached hydrogens (tertiary/aromatic N) is 2. The molecule has 0 fully saturated rings. The van der Waals surface area contributed by atoms with Gasteiger partial charge in [-0.1, -0.05) is 0 Å². The molecule has 11 heavy (non-hydrogen) atoms. The van der Waals surface area contributed by atoms with Crippen LogP contribution in [0.15, 0.2) is 12.4 Å². The van der Waals surface area contributed by atoms with E-state index in [0.29, 0.717) is 0 Å². The summed E-state index contributed by atoms with van der Waals surface area (Å²) in [5.41, 5.74) is 0. The normalized spacial score (nSPS) is 9.27. The van der Waals surface area contributed by atoms with Crippen LogP contribution in [0.5, 0.6) is 0 Å². The number of esters is 1. The van der Waals surface area contributed by atoms with E-state index in [1.54, 1.807) is 12.4 Å². The van der Waals surface area contributed by atoms with Gasteiger partial charge in [-0.05, 0) is 22.6 Å². The van der Waals surface area contributed by atoms with Crippen LogP contribution < -0.4 is 0 Å². The number of hydrogen-bond donors (Lipinski definition) is 0. The maximum absolute atomic E-state index is 10.8. The van der Waals surface area contributed by atoms with E-state index >= 15 is 0 Å². The molecule has 0 aliphatic rings. The van der Waals surface area contributed by atoms with E-state index in [-0.39, 0.29) is 5.82 Å². The average Bonchev–Trinajstić information content (AvgIpc) is 2.05. The van der Waals surface area contributed by atoms with Gasteiger partial charge in [0, 0.05) is 16.0 Å². The fourth-order valence-corrected chi connectivity index (χ4v) is 0.788. The molecule has 1 aromatic rings. The second-order valence-electron chi connectivity index (χ2n) is 1.72. The third-order valence-corrected chi connectivity index (χ3v) is 1.55. The molecule has 58 valence electrons. The van der Waals surface area contributed by atoms with Gasteiger partial charge in [0.2, 0.25) is 5.82 Å². The van der Waals surface area contributed by atoms with Gasteiger partial charge in [-0.2, -0.15) is 0 Å². The standard InChI is InChI=1S/C6H5IN2O2/c1-11-6(10)5-8-2-4(7)3-9-5/h2-3H,1H3. The topological polar surface area (TPSA) is 52.1 Å². The summed E-state index contributed by atoms with van der Waals surface area (Å²) in [6, 6.07) is 0. The quantitative estimate of drug-likeness (QED) is 0.557. The fraction of sp³-hybridized carbons (Fsp3) is 0.167. The van der Waals surface area contributed by atoms with E-state index in [9.17, 15) is 4.79 Å². The highest BCUT2D eigenvalue weighted by molar-refractivity contribution is 14.1. The van der Waals surface area contributed by atoms with Gasteiger partial charge in [0.25, 0.3) is 0 Å². The Bertz CT molecular complexity index is 260. The molecule has 1 rings (SSSR count). The van der Waals surface area contributed by atoms with Crippen LogP contribution in [-0.4, -0.2) is 23.0 Å². The van der Waals surface area contributed by atoms with Gasteiger partial charge in [-0.15, -0.1) is 0 Å². The van der Waals surface area contributed by atoms with Crippen molar-refractivity contribution in [2.75, 3.05) is 7.11 Å². The van der Waals surface area contributed by atoms with Crippen LogP contribution in [0, 0.1) is 3.57 Å². The number of hydrogen-bond acceptors (Lipinski definition) is 4. The summed E-state index contributed by atoms with van der Waals surface area (Å²) in [5, 5.41) is 0. The molecule has 0 spiro atoms. The second-order valence-corrected chi connectivity index (χ2v) is 2.96. The molecule has 4 nitrogen and oxygen atoms in total. The fourth-order valence-electron chi connectivity index (χ4n) is 0.509. The first-order chi connectivity index (χ1) is 5.24. The van der Waals surface area contributed by atoms with E-state index in [4.69, 9.17) is 0 Å². The lowest BCUT2D eigenvalue weighted by Gasteiger charge is -1.95. The lowest BCUT2D eigenvalue weighted by Crippen LogP contribution is -2.06. The zero-order chi connectivity index (χ0) is 8.27. The van der Waals surface area contributed by atoms with Crippen molar-refractivity contribution in [3.8, 4) is 0 Å². The van der Waals surface area contributed by atoms with Crippen molar-refractivity contribution in [2.45, 2.75) is 0 Å². The lowest BCUT2D eigenvalue weighted by molar-refractivity contribution is 0.0586. The Hall–Kier alpha value is -0.720. The van der Waals surface area contributed by atoms with E-state index in [0.717, 1.165) is 3.57 Å². The first-order valence-corrected chi connectivity index (χ1v) is 3.88. The Morgan fingerprint density at radius 3 is 2.55 bits per heavy atom. The highest BCUT2D eigenvalue weighted by Crippen LogP contribution is 1.99. The van der Waals surface area contributed by atoms with Gasteiger partial charge in [0.15, 0.2) is 0 Å². The van der Waals surface area contributed by atoms with Crippen LogP contribution in [0.2, 0.25) is 0 Å². The Morgan fingerprint density at radius 1 is 1.55 bits per heavy atom. The highest BCUT2D eigenvalue weighted by Gasteiger charge is 2.06. The molecule has 0 aliphatic heterocycles. The van der Waals surface area contributed by atoms with Gasteiger partial charge < -0.3 is 4.74 Å². The molecule has 0 saturated carbocycles. The summed E-state index contributed by atoms with van der Waals surface area (Å²) in [4.78, 5) is 18.3. The molecule has 0 saturated heterocycles. The van der Waals surface area contributed by atoms with Gasteiger partial charge in [-0.3, -0.25) is 0 Å². The predicted octanol–water partition coefficient (Wildman–Crippen LogP) is 0.868. The molecule has 0 aliphatic carbocycles. The average molecular weight is 264 g/mol. The van der Waals surface area contributed by atoms with Crippen molar-refractivity contribution in [1.82, 2.24) is 9.97 Å². The molecule has 0 bridgehead atoms. The first kappa shape index (κ1) is 8.38. The molecule has 0 aromatic carbocycles. The summed E-state index contributed by atoms with van der Waals surface area (Å²) < 4.78 is 5.29. The minimum absolute atomic E-state index is 0.0907. The highest BCUT2D eigenvalue weighted by atomic mass is 127. The predicted molar refractivity (Wildman–Crippen MR) is 46.1 cm³/mol. The second kappa shape index (κ2) is 3.61. The number of methoxy groups -OCH3 is 1. The zero-order valence-corrected chi connectivity index (χ0v) is 7.90. The molecule has 0 radical (unpaired) electrons. The van der Waals surface area contributed by atoms with Gasteiger partial charge in [0.1, 0.15) is 0 Å². The van der Waals surface area contributed by atoms with Crippen LogP contribution in [0.3, 0.4) is 0 Å². The van der Waals surface area contributed by atoms with Crippen LogP contribution in [-0.2, 0) is 4.74 Å². The number of halogens is 1. The van der Waals surface area contributed by atoms with Crippen molar-refractivity contribution in [3.05, 3.63) is 21.8 Å². The maximum atomic E-state index is 10.8. The molecule has 0 amide bonds.